The SMILES string of the molecule is O=C(O)C1CCCCCN1c1cncc2nnnn12. The van der Waals surface area contributed by atoms with Gasteiger partial charge >= 0.3 is 5.97 Å². The van der Waals surface area contributed by atoms with E-state index in [-0.39, 0.29) is 0 Å². The molecular weight excluding hydrogens is 248 g/mol. The Hall–Kier alpha value is -2.25. The van der Waals surface area contributed by atoms with Gasteiger partial charge < -0.3 is 10.0 Å². The van der Waals surface area contributed by atoms with Crippen LogP contribution in [0.3, 0.4) is 0 Å². The van der Waals surface area contributed by atoms with Crippen molar-refractivity contribution >= 4 is 17.4 Å². The highest BCUT2D eigenvalue weighted by atomic mass is 16.4. The molecule has 1 unspecified atom stereocenters. The van der Waals surface area contributed by atoms with Gasteiger partial charge in [0.15, 0.2) is 11.5 Å². The molecule has 8 heteroatoms. The summed E-state index contributed by atoms with van der Waals surface area (Å²) in [6.45, 7) is 0.678. The molecule has 1 atom stereocenters. The average Bonchev–Trinajstić information content (AvgIpc) is 2.74. The highest BCUT2D eigenvalue weighted by molar-refractivity contribution is 5.77. The van der Waals surface area contributed by atoms with Crippen molar-refractivity contribution in [2.45, 2.75) is 31.7 Å². The molecule has 0 aliphatic carbocycles. The zero-order chi connectivity index (χ0) is 13.2. The second-order valence-electron chi connectivity index (χ2n) is 4.61. The summed E-state index contributed by atoms with van der Waals surface area (Å²) in [5.41, 5.74) is 0.519. The number of hydrogen-bond acceptors (Lipinski definition) is 6. The Morgan fingerprint density at radius 2 is 2.21 bits per heavy atom. The molecule has 0 bridgehead atoms. The lowest BCUT2D eigenvalue weighted by Gasteiger charge is -2.28. The van der Waals surface area contributed by atoms with Crippen LogP contribution in [0.1, 0.15) is 25.7 Å². The van der Waals surface area contributed by atoms with Gasteiger partial charge in [-0.1, -0.05) is 12.8 Å². The summed E-state index contributed by atoms with van der Waals surface area (Å²) in [7, 11) is 0. The van der Waals surface area contributed by atoms with E-state index in [9.17, 15) is 9.90 Å². The number of tetrazole rings is 1. The molecule has 19 heavy (non-hydrogen) atoms. The molecular formula is C11H14N6O2. The van der Waals surface area contributed by atoms with E-state index in [4.69, 9.17) is 0 Å². The Labute approximate surface area is 109 Å². The third-order valence-corrected chi connectivity index (χ3v) is 3.42. The maximum Gasteiger partial charge on any atom is 0.326 e. The molecule has 1 aliphatic heterocycles. The van der Waals surface area contributed by atoms with Crippen LogP contribution >= 0.6 is 0 Å². The summed E-state index contributed by atoms with van der Waals surface area (Å²) < 4.78 is 1.54. The Balaban J connectivity index is 2.06. The molecule has 8 nitrogen and oxygen atoms in total. The summed E-state index contributed by atoms with van der Waals surface area (Å²) in [6, 6.07) is -0.543. The maximum absolute atomic E-state index is 11.4. The largest absolute Gasteiger partial charge is 0.480 e. The molecule has 0 saturated carbocycles. The first-order chi connectivity index (χ1) is 9.27. The van der Waals surface area contributed by atoms with Crippen LogP contribution in [0, 0.1) is 0 Å². The first-order valence-corrected chi connectivity index (χ1v) is 6.29. The third-order valence-electron chi connectivity index (χ3n) is 3.42. The van der Waals surface area contributed by atoms with Crippen LogP contribution in [-0.4, -0.2) is 48.7 Å². The molecule has 2 aromatic rings. The van der Waals surface area contributed by atoms with Crippen LogP contribution in [-0.2, 0) is 4.79 Å². The zero-order valence-corrected chi connectivity index (χ0v) is 10.3. The van der Waals surface area contributed by atoms with Crippen molar-refractivity contribution in [3.63, 3.8) is 0 Å². The summed E-state index contributed by atoms with van der Waals surface area (Å²) in [5.74, 6) is -0.177. The number of hydrogen-bond donors (Lipinski definition) is 1. The molecule has 0 aromatic carbocycles. The maximum atomic E-state index is 11.4. The molecule has 0 amide bonds. The van der Waals surface area contributed by atoms with Crippen molar-refractivity contribution in [1.82, 2.24) is 25.0 Å². The summed E-state index contributed by atoms with van der Waals surface area (Å²) >= 11 is 0. The van der Waals surface area contributed by atoms with Gasteiger partial charge in [-0.2, -0.15) is 4.52 Å². The quantitative estimate of drug-likeness (QED) is 0.834. The highest BCUT2D eigenvalue weighted by Crippen LogP contribution is 2.23. The van der Waals surface area contributed by atoms with Crippen molar-refractivity contribution < 1.29 is 9.90 Å². The number of nitrogens with zero attached hydrogens (tertiary/aromatic N) is 6. The van der Waals surface area contributed by atoms with E-state index in [0.29, 0.717) is 24.4 Å². The van der Waals surface area contributed by atoms with Gasteiger partial charge in [0.1, 0.15) is 6.04 Å². The van der Waals surface area contributed by atoms with Gasteiger partial charge in [0.25, 0.3) is 0 Å². The van der Waals surface area contributed by atoms with E-state index < -0.39 is 12.0 Å². The highest BCUT2D eigenvalue weighted by Gasteiger charge is 2.29. The van der Waals surface area contributed by atoms with E-state index in [0.717, 1.165) is 19.3 Å². The number of anilines is 1. The predicted molar refractivity (Wildman–Crippen MR) is 65.8 cm³/mol. The summed E-state index contributed by atoms with van der Waals surface area (Å²) in [5, 5.41) is 20.7. The van der Waals surface area contributed by atoms with Crippen molar-refractivity contribution in [2.75, 3.05) is 11.4 Å². The van der Waals surface area contributed by atoms with Gasteiger partial charge in [-0.25, -0.2) is 4.79 Å². The fourth-order valence-corrected chi connectivity index (χ4v) is 2.50. The number of fused-ring (bicyclic) bond motifs is 1. The van der Waals surface area contributed by atoms with Gasteiger partial charge in [0.2, 0.25) is 0 Å². The molecule has 1 aliphatic rings. The Morgan fingerprint density at radius 3 is 3.05 bits per heavy atom. The monoisotopic (exact) mass is 262 g/mol. The van der Waals surface area contributed by atoms with Gasteiger partial charge in [-0.3, -0.25) is 4.98 Å². The summed E-state index contributed by atoms with van der Waals surface area (Å²) in [6.07, 6.45) is 6.73. The van der Waals surface area contributed by atoms with Crippen molar-refractivity contribution in [3.05, 3.63) is 12.4 Å². The molecule has 1 N–H and O–H groups in total. The zero-order valence-electron chi connectivity index (χ0n) is 10.3. The van der Waals surface area contributed by atoms with Crippen LogP contribution in [0.25, 0.3) is 5.65 Å². The van der Waals surface area contributed by atoms with Crippen molar-refractivity contribution in [3.8, 4) is 0 Å². The number of carbonyl (C=O) groups is 1. The number of carboxylic acids is 1. The third kappa shape index (κ3) is 2.09. The fourth-order valence-electron chi connectivity index (χ4n) is 2.50. The fraction of sp³-hybridized carbons (Fsp3) is 0.545. The first kappa shape index (κ1) is 11.8. The van der Waals surface area contributed by atoms with Gasteiger partial charge in [-0.15, -0.1) is 5.10 Å². The standard InChI is InChI=1S/C11H14N6O2/c18-11(19)8-4-2-1-3-5-16(8)10-7-12-6-9-13-14-15-17(9)10/h6-8H,1-5H2,(H,18,19). The molecule has 0 spiro atoms. The lowest BCUT2D eigenvalue weighted by Crippen LogP contribution is -2.42. The minimum atomic E-state index is -0.813. The molecule has 100 valence electrons. The van der Waals surface area contributed by atoms with E-state index in [1.807, 2.05) is 4.90 Å². The number of aromatic nitrogens is 5. The van der Waals surface area contributed by atoms with Gasteiger partial charge in [-0.05, 0) is 23.3 Å². The smallest absolute Gasteiger partial charge is 0.326 e. The van der Waals surface area contributed by atoms with Crippen molar-refractivity contribution in [1.29, 1.82) is 0 Å². The minimum Gasteiger partial charge on any atom is -0.480 e. The van der Waals surface area contributed by atoms with Crippen molar-refractivity contribution in [2.24, 2.45) is 0 Å². The van der Waals surface area contributed by atoms with Gasteiger partial charge in [0.05, 0.1) is 12.4 Å². The Morgan fingerprint density at radius 1 is 1.32 bits per heavy atom. The molecule has 3 heterocycles. The number of rotatable bonds is 2. The van der Waals surface area contributed by atoms with Crippen LogP contribution in [0.5, 0.6) is 0 Å². The lowest BCUT2D eigenvalue weighted by molar-refractivity contribution is -0.138. The first-order valence-electron chi connectivity index (χ1n) is 6.29. The molecule has 2 aromatic heterocycles. The van der Waals surface area contributed by atoms with Crippen LogP contribution in [0.2, 0.25) is 0 Å². The van der Waals surface area contributed by atoms with Crippen LogP contribution in [0.15, 0.2) is 12.4 Å². The second-order valence-corrected chi connectivity index (χ2v) is 4.61. The van der Waals surface area contributed by atoms with E-state index in [1.165, 1.54) is 4.52 Å². The topological polar surface area (TPSA) is 96.5 Å². The molecule has 0 radical (unpaired) electrons. The summed E-state index contributed by atoms with van der Waals surface area (Å²) in [4.78, 5) is 17.4. The molecule has 1 fully saturated rings. The van der Waals surface area contributed by atoms with Gasteiger partial charge in [0, 0.05) is 6.54 Å². The second kappa shape index (κ2) is 4.79. The number of carboxylic acid groups (broad SMARTS) is 1. The average molecular weight is 262 g/mol. The Kier molecular flexibility index (Phi) is 2.98. The minimum absolute atomic E-state index is 0.519. The normalized spacial score (nSPS) is 20.4. The number of aliphatic carboxylic acids is 1. The lowest BCUT2D eigenvalue weighted by atomic mass is 10.1. The van der Waals surface area contributed by atoms with E-state index >= 15 is 0 Å². The molecule has 3 rings (SSSR count). The van der Waals surface area contributed by atoms with Crippen LogP contribution < -0.4 is 4.90 Å². The Bertz CT molecular complexity index is 598. The van der Waals surface area contributed by atoms with Crippen LogP contribution in [0.4, 0.5) is 5.82 Å². The van der Waals surface area contributed by atoms with E-state index in [2.05, 4.69) is 20.5 Å². The predicted octanol–water partition coefficient (Wildman–Crippen LogP) is 0.353. The molecule has 1 saturated heterocycles. The van der Waals surface area contributed by atoms with E-state index in [1.54, 1.807) is 12.4 Å².